The van der Waals surface area contributed by atoms with Crippen molar-refractivity contribution in [1.29, 1.82) is 0 Å². The van der Waals surface area contributed by atoms with E-state index < -0.39 is 28.8 Å². The van der Waals surface area contributed by atoms with Gasteiger partial charge in [0.1, 0.15) is 5.56 Å². The molecule has 5 nitrogen and oxygen atoms in total. The molecule has 0 radical (unpaired) electrons. The quantitative estimate of drug-likeness (QED) is 0.610. The van der Waals surface area contributed by atoms with E-state index in [9.17, 15) is 19.3 Å². The fourth-order valence-corrected chi connectivity index (χ4v) is 1.30. The Balaban J connectivity index is 3.34. The highest BCUT2D eigenvalue weighted by Crippen LogP contribution is 2.22. The summed E-state index contributed by atoms with van der Waals surface area (Å²) in [5, 5.41) is 19.3. The zero-order valence-electron chi connectivity index (χ0n) is 7.64. The van der Waals surface area contributed by atoms with Gasteiger partial charge in [0, 0.05) is 12.5 Å². The normalized spacial score (nSPS) is 9.93. The number of nitrogens with zero attached hydrogens (tertiary/aromatic N) is 1. The maximum atomic E-state index is 12.1. The molecule has 15 heavy (non-hydrogen) atoms. The molecule has 1 N–H and O–H groups in total. The maximum absolute atomic E-state index is 12.1. The summed E-state index contributed by atoms with van der Waals surface area (Å²) in [4.78, 5) is 20.5. The third-order valence-corrected chi connectivity index (χ3v) is 1.90. The number of aromatic carboxylic acids is 1. The first-order valence-electron chi connectivity index (χ1n) is 4.13. The summed E-state index contributed by atoms with van der Waals surface area (Å²) in [6, 6.07) is 3.80. The molecule has 0 amide bonds. The van der Waals surface area contributed by atoms with Gasteiger partial charge in [0.25, 0.3) is 5.69 Å². The van der Waals surface area contributed by atoms with Crippen LogP contribution in [-0.2, 0) is 6.42 Å². The van der Waals surface area contributed by atoms with E-state index in [1.54, 1.807) is 0 Å². The molecule has 1 aromatic carbocycles. The summed E-state index contributed by atoms with van der Waals surface area (Å²) in [5.74, 6) is -1.41. The maximum Gasteiger partial charge on any atom is 0.343 e. The largest absolute Gasteiger partial charge is 0.477 e. The summed E-state index contributed by atoms with van der Waals surface area (Å²) in [6.45, 7) is -0.749. The van der Waals surface area contributed by atoms with E-state index in [-0.39, 0.29) is 12.0 Å². The number of benzene rings is 1. The molecular weight excluding hydrogens is 205 g/mol. The Hall–Kier alpha value is -1.98. The second kappa shape index (κ2) is 4.50. The first-order valence-corrected chi connectivity index (χ1v) is 4.13. The first-order chi connectivity index (χ1) is 7.07. The Kier molecular flexibility index (Phi) is 3.33. The summed E-state index contributed by atoms with van der Waals surface area (Å²) in [7, 11) is 0. The van der Waals surface area contributed by atoms with Crippen LogP contribution in [0.5, 0.6) is 0 Å². The minimum Gasteiger partial charge on any atom is -0.477 e. The number of nitro benzene ring substituents is 1. The van der Waals surface area contributed by atoms with Gasteiger partial charge in [-0.3, -0.25) is 14.5 Å². The fraction of sp³-hybridized carbons (Fsp3) is 0.222. The average Bonchev–Trinajstić information content (AvgIpc) is 2.17. The lowest BCUT2D eigenvalue weighted by molar-refractivity contribution is -0.385. The second-order valence-corrected chi connectivity index (χ2v) is 2.81. The lowest BCUT2D eigenvalue weighted by Crippen LogP contribution is -2.07. The highest BCUT2D eigenvalue weighted by atomic mass is 19.1. The zero-order chi connectivity index (χ0) is 11.4. The second-order valence-electron chi connectivity index (χ2n) is 2.81. The topological polar surface area (TPSA) is 80.4 Å². The molecule has 80 valence electrons. The molecule has 0 aliphatic carbocycles. The number of aryl methyl sites for hydroxylation is 1. The Morgan fingerprint density at radius 2 is 2.20 bits per heavy atom. The van der Waals surface area contributed by atoms with Gasteiger partial charge in [0.15, 0.2) is 0 Å². The van der Waals surface area contributed by atoms with Crippen molar-refractivity contribution in [2.75, 3.05) is 6.67 Å². The molecule has 0 heterocycles. The lowest BCUT2D eigenvalue weighted by Gasteiger charge is -2.03. The van der Waals surface area contributed by atoms with Gasteiger partial charge in [-0.1, -0.05) is 12.1 Å². The van der Waals surface area contributed by atoms with Crippen molar-refractivity contribution in [2.24, 2.45) is 0 Å². The van der Waals surface area contributed by atoms with E-state index >= 15 is 0 Å². The average molecular weight is 213 g/mol. The number of nitro groups is 1. The molecule has 0 atom stereocenters. The van der Waals surface area contributed by atoms with Gasteiger partial charge in [0.05, 0.1) is 11.6 Å². The third-order valence-electron chi connectivity index (χ3n) is 1.90. The van der Waals surface area contributed by atoms with Crippen LogP contribution in [0.25, 0.3) is 0 Å². The predicted octanol–water partition coefficient (Wildman–Crippen LogP) is 1.80. The lowest BCUT2D eigenvalue weighted by atomic mass is 10.0. The van der Waals surface area contributed by atoms with Crippen LogP contribution in [0.1, 0.15) is 15.9 Å². The van der Waals surface area contributed by atoms with Crippen LogP contribution in [-0.4, -0.2) is 22.7 Å². The van der Waals surface area contributed by atoms with Crippen molar-refractivity contribution >= 4 is 11.7 Å². The van der Waals surface area contributed by atoms with Crippen molar-refractivity contribution in [2.45, 2.75) is 6.42 Å². The molecule has 0 saturated heterocycles. The number of rotatable bonds is 4. The van der Waals surface area contributed by atoms with Crippen molar-refractivity contribution in [1.82, 2.24) is 0 Å². The van der Waals surface area contributed by atoms with Crippen LogP contribution in [0.4, 0.5) is 10.1 Å². The Bertz CT molecular complexity index is 405. The molecule has 0 aliphatic rings. The molecule has 1 rings (SSSR count). The van der Waals surface area contributed by atoms with Crippen LogP contribution in [0.2, 0.25) is 0 Å². The van der Waals surface area contributed by atoms with Gasteiger partial charge in [-0.25, -0.2) is 4.79 Å². The number of hydrogen-bond donors (Lipinski definition) is 1. The van der Waals surface area contributed by atoms with E-state index in [0.29, 0.717) is 0 Å². The van der Waals surface area contributed by atoms with Crippen LogP contribution >= 0.6 is 0 Å². The predicted molar refractivity (Wildman–Crippen MR) is 49.7 cm³/mol. The molecule has 0 unspecified atom stereocenters. The monoisotopic (exact) mass is 213 g/mol. The van der Waals surface area contributed by atoms with Gasteiger partial charge in [0.2, 0.25) is 0 Å². The van der Waals surface area contributed by atoms with Crippen molar-refractivity contribution in [3.8, 4) is 0 Å². The molecule has 0 aromatic heterocycles. The van der Waals surface area contributed by atoms with E-state index in [2.05, 4.69) is 0 Å². The standard InChI is InChI=1S/C9H8FNO4/c10-5-4-6-2-1-3-7(11(14)15)8(6)9(12)13/h1-3H,4-5H2,(H,12,13). The highest BCUT2D eigenvalue weighted by molar-refractivity contribution is 5.94. The highest BCUT2D eigenvalue weighted by Gasteiger charge is 2.22. The van der Waals surface area contributed by atoms with Gasteiger partial charge in [-0.2, -0.15) is 0 Å². The number of hydrogen-bond acceptors (Lipinski definition) is 3. The zero-order valence-corrected chi connectivity index (χ0v) is 7.64. The smallest absolute Gasteiger partial charge is 0.343 e. The number of carboxylic acids is 1. The molecule has 0 aliphatic heterocycles. The van der Waals surface area contributed by atoms with E-state index in [4.69, 9.17) is 5.11 Å². The molecule has 0 spiro atoms. The van der Waals surface area contributed by atoms with E-state index in [0.717, 1.165) is 6.07 Å². The number of carbonyl (C=O) groups is 1. The molecule has 1 aromatic rings. The van der Waals surface area contributed by atoms with Crippen LogP contribution < -0.4 is 0 Å². The van der Waals surface area contributed by atoms with Crippen molar-refractivity contribution in [3.05, 3.63) is 39.4 Å². The van der Waals surface area contributed by atoms with E-state index in [1.807, 2.05) is 0 Å². The summed E-state index contributed by atoms with van der Waals surface area (Å²) in [5.41, 5.74) is -0.798. The number of halogens is 1. The van der Waals surface area contributed by atoms with Gasteiger partial charge in [-0.15, -0.1) is 0 Å². The van der Waals surface area contributed by atoms with Crippen LogP contribution in [0.15, 0.2) is 18.2 Å². The SMILES string of the molecule is O=C(O)c1c(CCF)cccc1[N+](=O)[O-]. The van der Waals surface area contributed by atoms with Gasteiger partial charge in [-0.05, 0) is 5.56 Å². The molecule has 0 fully saturated rings. The van der Waals surface area contributed by atoms with Gasteiger partial charge >= 0.3 is 5.97 Å². The fourth-order valence-electron chi connectivity index (χ4n) is 1.30. The first kappa shape index (κ1) is 11.1. The minimum absolute atomic E-state index is 0.136. The molecule has 0 saturated carbocycles. The summed E-state index contributed by atoms with van der Waals surface area (Å²) in [6.07, 6.45) is -0.136. The molecule has 6 heteroatoms. The van der Waals surface area contributed by atoms with Crippen molar-refractivity contribution in [3.63, 3.8) is 0 Å². The Morgan fingerprint density at radius 1 is 1.53 bits per heavy atom. The minimum atomic E-state index is -1.41. The van der Waals surface area contributed by atoms with Gasteiger partial charge < -0.3 is 5.11 Å². The summed E-state index contributed by atoms with van der Waals surface area (Å²) >= 11 is 0. The molecular formula is C9H8FNO4. The summed E-state index contributed by atoms with van der Waals surface area (Å²) < 4.78 is 12.1. The van der Waals surface area contributed by atoms with Crippen LogP contribution in [0, 0.1) is 10.1 Å². The molecule has 0 bridgehead atoms. The Labute approximate surface area is 84.3 Å². The third kappa shape index (κ3) is 2.28. The van der Waals surface area contributed by atoms with Crippen LogP contribution in [0.3, 0.4) is 0 Å². The number of alkyl halides is 1. The van der Waals surface area contributed by atoms with E-state index in [1.165, 1.54) is 12.1 Å². The number of carboxylic acid groups (broad SMARTS) is 1. The Morgan fingerprint density at radius 3 is 2.67 bits per heavy atom. The van der Waals surface area contributed by atoms with Crippen molar-refractivity contribution < 1.29 is 19.2 Å².